The van der Waals surface area contributed by atoms with Crippen molar-refractivity contribution in [3.05, 3.63) is 0 Å². The van der Waals surface area contributed by atoms with E-state index in [0.29, 0.717) is 11.5 Å². The second-order valence-corrected chi connectivity index (χ2v) is 7.89. The Morgan fingerprint density at radius 1 is 1.20 bits per heavy atom. The van der Waals surface area contributed by atoms with Crippen LogP contribution in [0.5, 0.6) is 0 Å². The Hall–Kier alpha value is -0.0800. The van der Waals surface area contributed by atoms with Gasteiger partial charge < -0.3 is 10.1 Å². The molecular formula is C18H37NO. The van der Waals surface area contributed by atoms with Gasteiger partial charge in [-0.05, 0) is 63.3 Å². The van der Waals surface area contributed by atoms with Crippen molar-refractivity contribution >= 4 is 0 Å². The molecule has 1 rings (SSSR count). The molecule has 1 unspecified atom stereocenters. The van der Waals surface area contributed by atoms with Gasteiger partial charge in [-0.1, -0.05) is 34.6 Å². The predicted molar refractivity (Wildman–Crippen MR) is 88.1 cm³/mol. The summed E-state index contributed by atoms with van der Waals surface area (Å²) in [5.74, 6) is 0.869. The number of hydrogen-bond acceptors (Lipinski definition) is 2. The zero-order valence-electron chi connectivity index (χ0n) is 14.7. The van der Waals surface area contributed by atoms with E-state index in [1.54, 1.807) is 0 Å². The van der Waals surface area contributed by atoms with Crippen LogP contribution in [0.4, 0.5) is 0 Å². The molecule has 0 spiro atoms. The SMILES string of the molecule is CCNC(CCC(C)(C)C)C1(OCC)CCC(C)CC1. The van der Waals surface area contributed by atoms with Crippen molar-refractivity contribution in [3.63, 3.8) is 0 Å². The van der Waals surface area contributed by atoms with Gasteiger partial charge in [-0.15, -0.1) is 0 Å². The Kier molecular flexibility index (Phi) is 7.00. The molecule has 0 saturated heterocycles. The lowest BCUT2D eigenvalue weighted by Crippen LogP contribution is -2.54. The highest BCUT2D eigenvalue weighted by Crippen LogP contribution is 2.39. The van der Waals surface area contributed by atoms with Crippen LogP contribution in [-0.4, -0.2) is 24.8 Å². The molecule has 1 saturated carbocycles. The second kappa shape index (κ2) is 7.79. The maximum Gasteiger partial charge on any atom is 0.0834 e. The minimum absolute atomic E-state index is 0.0858. The summed E-state index contributed by atoms with van der Waals surface area (Å²) in [7, 11) is 0. The normalized spacial score (nSPS) is 29.4. The smallest absolute Gasteiger partial charge is 0.0834 e. The summed E-state index contributed by atoms with van der Waals surface area (Å²) in [6.07, 6.45) is 7.57. The van der Waals surface area contributed by atoms with E-state index >= 15 is 0 Å². The van der Waals surface area contributed by atoms with Crippen LogP contribution in [0.2, 0.25) is 0 Å². The minimum Gasteiger partial charge on any atom is -0.374 e. The van der Waals surface area contributed by atoms with Gasteiger partial charge in [0.1, 0.15) is 0 Å². The quantitative estimate of drug-likeness (QED) is 0.726. The van der Waals surface area contributed by atoms with Gasteiger partial charge in [0.15, 0.2) is 0 Å². The van der Waals surface area contributed by atoms with E-state index in [1.807, 2.05) is 0 Å². The number of rotatable bonds is 7. The largest absolute Gasteiger partial charge is 0.374 e. The second-order valence-electron chi connectivity index (χ2n) is 7.89. The van der Waals surface area contributed by atoms with Gasteiger partial charge in [0.05, 0.1) is 5.60 Å². The molecule has 0 amide bonds. The Morgan fingerprint density at radius 2 is 1.80 bits per heavy atom. The lowest BCUT2D eigenvalue weighted by molar-refractivity contribution is -0.0988. The zero-order chi connectivity index (χ0) is 15.2. The Labute approximate surface area is 127 Å². The van der Waals surface area contributed by atoms with Crippen molar-refractivity contribution in [2.24, 2.45) is 11.3 Å². The minimum atomic E-state index is 0.0858. The number of hydrogen-bond donors (Lipinski definition) is 1. The molecule has 1 fully saturated rings. The van der Waals surface area contributed by atoms with Crippen LogP contribution < -0.4 is 5.32 Å². The molecule has 1 N–H and O–H groups in total. The predicted octanol–water partition coefficient (Wildman–Crippen LogP) is 4.78. The van der Waals surface area contributed by atoms with Crippen molar-refractivity contribution in [2.45, 2.75) is 91.7 Å². The fourth-order valence-electron chi connectivity index (χ4n) is 3.51. The summed E-state index contributed by atoms with van der Waals surface area (Å²) in [6, 6.07) is 0.513. The van der Waals surface area contributed by atoms with Crippen LogP contribution in [0.25, 0.3) is 0 Å². The van der Waals surface area contributed by atoms with E-state index in [-0.39, 0.29) is 5.60 Å². The average molecular weight is 284 g/mol. The molecule has 0 aromatic rings. The summed E-state index contributed by atoms with van der Waals surface area (Å²) >= 11 is 0. The Balaban J connectivity index is 2.76. The topological polar surface area (TPSA) is 21.3 Å². The third kappa shape index (κ3) is 5.37. The van der Waals surface area contributed by atoms with Gasteiger partial charge >= 0.3 is 0 Å². The Morgan fingerprint density at radius 3 is 2.25 bits per heavy atom. The molecule has 120 valence electrons. The van der Waals surface area contributed by atoms with E-state index in [2.05, 4.69) is 46.9 Å². The lowest BCUT2D eigenvalue weighted by Gasteiger charge is -2.45. The van der Waals surface area contributed by atoms with Crippen LogP contribution in [0.1, 0.15) is 80.1 Å². The monoisotopic (exact) mass is 283 g/mol. The first-order valence-electron chi connectivity index (χ1n) is 8.70. The summed E-state index contributed by atoms with van der Waals surface area (Å²) in [4.78, 5) is 0. The standard InChI is InChI=1S/C18H37NO/c1-7-19-16(11-12-17(4,5)6)18(20-8-2)13-9-15(3)10-14-18/h15-16,19H,7-14H2,1-6H3. The fraction of sp³-hybridized carbons (Fsp3) is 1.00. The zero-order valence-corrected chi connectivity index (χ0v) is 14.7. The van der Waals surface area contributed by atoms with Gasteiger partial charge in [0.25, 0.3) is 0 Å². The van der Waals surface area contributed by atoms with Crippen LogP contribution in [0, 0.1) is 11.3 Å². The first kappa shape index (κ1) is 18.0. The van der Waals surface area contributed by atoms with Crippen LogP contribution >= 0.6 is 0 Å². The van der Waals surface area contributed by atoms with E-state index < -0.39 is 0 Å². The van der Waals surface area contributed by atoms with Crippen molar-refractivity contribution in [3.8, 4) is 0 Å². The van der Waals surface area contributed by atoms with Crippen molar-refractivity contribution in [2.75, 3.05) is 13.2 Å². The highest BCUT2D eigenvalue weighted by Gasteiger charge is 2.41. The molecular weight excluding hydrogens is 246 g/mol. The molecule has 2 nitrogen and oxygen atoms in total. The average Bonchev–Trinajstić information content (AvgIpc) is 2.37. The summed E-state index contributed by atoms with van der Waals surface area (Å²) in [5, 5.41) is 3.74. The summed E-state index contributed by atoms with van der Waals surface area (Å²) in [6.45, 7) is 15.6. The van der Waals surface area contributed by atoms with Gasteiger partial charge in [0.2, 0.25) is 0 Å². The van der Waals surface area contributed by atoms with Crippen molar-refractivity contribution < 1.29 is 4.74 Å². The number of likely N-dealkylation sites (N-methyl/N-ethyl adjacent to an activating group) is 1. The molecule has 2 heteroatoms. The van der Waals surface area contributed by atoms with Gasteiger partial charge in [0, 0.05) is 12.6 Å². The third-order valence-electron chi connectivity index (χ3n) is 4.82. The highest BCUT2D eigenvalue weighted by molar-refractivity contribution is 4.97. The highest BCUT2D eigenvalue weighted by atomic mass is 16.5. The van der Waals surface area contributed by atoms with E-state index in [9.17, 15) is 0 Å². The maximum atomic E-state index is 6.34. The molecule has 1 atom stereocenters. The lowest BCUT2D eigenvalue weighted by atomic mass is 9.73. The molecule has 0 aromatic carbocycles. The van der Waals surface area contributed by atoms with Crippen LogP contribution in [0.15, 0.2) is 0 Å². The molecule has 0 radical (unpaired) electrons. The molecule has 1 aliphatic rings. The molecule has 0 bridgehead atoms. The first-order valence-corrected chi connectivity index (χ1v) is 8.70. The number of nitrogens with one attached hydrogen (secondary N) is 1. The maximum absolute atomic E-state index is 6.34. The fourth-order valence-corrected chi connectivity index (χ4v) is 3.51. The van der Waals surface area contributed by atoms with E-state index in [1.165, 1.54) is 38.5 Å². The summed E-state index contributed by atoms with van der Waals surface area (Å²) < 4.78 is 6.34. The third-order valence-corrected chi connectivity index (χ3v) is 4.82. The molecule has 0 aliphatic heterocycles. The molecule has 1 aliphatic carbocycles. The molecule has 0 heterocycles. The van der Waals surface area contributed by atoms with Crippen molar-refractivity contribution in [1.29, 1.82) is 0 Å². The van der Waals surface area contributed by atoms with Crippen LogP contribution in [0.3, 0.4) is 0 Å². The van der Waals surface area contributed by atoms with Crippen molar-refractivity contribution in [1.82, 2.24) is 5.32 Å². The van der Waals surface area contributed by atoms with Gasteiger partial charge in [-0.3, -0.25) is 0 Å². The van der Waals surface area contributed by atoms with E-state index in [4.69, 9.17) is 4.74 Å². The van der Waals surface area contributed by atoms with Crippen LogP contribution in [-0.2, 0) is 4.74 Å². The molecule has 20 heavy (non-hydrogen) atoms. The van der Waals surface area contributed by atoms with Gasteiger partial charge in [-0.2, -0.15) is 0 Å². The molecule has 0 aromatic heterocycles. The first-order chi connectivity index (χ1) is 9.33. The number of ether oxygens (including phenoxy) is 1. The Bertz CT molecular complexity index is 261. The summed E-state index contributed by atoms with van der Waals surface area (Å²) in [5.41, 5.74) is 0.492. The van der Waals surface area contributed by atoms with E-state index in [0.717, 1.165) is 19.1 Å². The van der Waals surface area contributed by atoms with Gasteiger partial charge in [-0.25, -0.2) is 0 Å².